The fourth-order valence-corrected chi connectivity index (χ4v) is 2.88. The van der Waals surface area contributed by atoms with Crippen molar-refractivity contribution in [3.05, 3.63) is 12.4 Å². The summed E-state index contributed by atoms with van der Waals surface area (Å²) in [6, 6.07) is 0. The van der Waals surface area contributed by atoms with Crippen LogP contribution in [0.15, 0.2) is 12.4 Å². The molecule has 0 aromatic carbocycles. The summed E-state index contributed by atoms with van der Waals surface area (Å²) in [5.41, 5.74) is 0.609. The van der Waals surface area contributed by atoms with E-state index in [9.17, 15) is 9.59 Å². The van der Waals surface area contributed by atoms with E-state index in [4.69, 9.17) is 9.47 Å². The van der Waals surface area contributed by atoms with Crippen molar-refractivity contribution in [2.24, 2.45) is 0 Å². The molecule has 2 aliphatic rings. The van der Waals surface area contributed by atoms with Crippen LogP contribution in [0.2, 0.25) is 0 Å². The molecule has 0 radical (unpaired) electrons. The van der Waals surface area contributed by atoms with Crippen molar-refractivity contribution in [3.8, 4) is 0 Å². The second-order valence-corrected chi connectivity index (χ2v) is 5.79. The van der Waals surface area contributed by atoms with E-state index in [0.717, 1.165) is 19.4 Å². The molecule has 2 saturated heterocycles. The van der Waals surface area contributed by atoms with Crippen LogP contribution < -0.4 is 5.32 Å². The first-order chi connectivity index (χ1) is 11.2. The van der Waals surface area contributed by atoms with Crippen LogP contribution >= 0.6 is 0 Å². The molecule has 0 spiro atoms. The SMILES string of the molecule is COC(=O)[C@@H]1CC[C@@H](C(=O)Nc2cnn(C[C@H]3CCCO3)c2)O1. The Morgan fingerprint density at radius 1 is 1.39 bits per heavy atom. The predicted molar refractivity (Wildman–Crippen MR) is 79.7 cm³/mol. The van der Waals surface area contributed by atoms with Crippen molar-refractivity contribution in [1.29, 1.82) is 0 Å². The van der Waals surface area contributed by atoms with Crippen LogP contribution in [-0.4, -0.2) is 53.7 Å². The number of nitrogens with one attached hydrogen (secondary N) is 1. The largest absolute Gasteiger partial charge is 0.467 e. The number of carbonyl (C=O) groups is 2. The van der Waals surface area contributed by atoms with Crippen LogP contribution in [0.5, 0.6) is 0 Å². The summed E-state index contributed by atoms with van der Waals surface area (Å²) < 4.78 is 17.4. The number of anilines is 1. The van der Waals surface area contributed by atoms with Crippen LogP contribution in [0, 0.1) is 0 Å². The highest BCUT2D eigenvalue weighted by Gasteiger charge is 2.35. The maximum absolute atomic E-state index is 12.2. The van der Waals surface area contributed by atoms with Gasteiger partial charge >= 0.3 is 5.97 Å². The zero-order valence-electron chi connectivity index (χ0n) is 13.1. The minimum Gasteiger partial charge on any atom is -0.467 e. The molecule has 23 heavy (non-hydrogen) atoms. The van der Waals surface area contributed by atoms with Gasteiger partial charge in [0.05, 0.1) is 31.6 Å². The fraction of sp³-hybridized carbons (Fsp3) is 0.667. The van der Waals surface area contributed by atoms with E-state index in [0.29, 0.717) is 25.1 Å². The first-order valence-electron chi connectivity index (χ1n) is 7.84. The molecule has 1 aromatic rings. The summed E-state index contributed by atoms with van der Waals surface area (Å²) in [7, 11) is 1.31. The van der Waals surface area contributed by atoms with Gasteiger partial charge in [-0.15, -0.1) is 0 Å². The van der Waals surface area contributed by atoms with E-state index >= 15 is 0 Å². The average molecular weight is 323 g/mol. The predicted octanol–water partition coefficient (Wildman–Crippen LogP) is 0.721. The van der Waals surface area contributed by atoms with E-state index in [-0.39, 0.29) is 12.0 Å². The number of rotatable bonds is 5. The average Bonchev–Trinajstić information content (AvgIpc) is 3.28. The lowest BCUT2D eigenvalue weighted by Gasteiger charge is -2.11. The van der Waals surface area contributed by atoms with Gasteiger partial charge in [0.25, 0.3) is 5.91 Å². The minimum absolute atomic E-state index is 0.192. The van der Waals surface area contributed by atoms with E-state index in [1.54, 1.807) is 17.1 Å². The zero-order valence-corrected chi connectivity index (χ0v) is 13.1. The van der Waals surface area contributed by atoms with Crippen molar-refractivity contribution >= 4 is 17.6 Å². The van der Waals surface area contributed by atoms with Crippen molar-refractivity contribution in [2.45, 2.75) is 50.5 Å². The number of carbonyl (C=O) groups excluding carboxylic acids is 2. The monoisotopic (exact) mass is 323 g/mol. The molecular formula is C15H21N3O5. The Hall–Kier alpha value is -1.93. The molecule has 1 amide bonds. The van der Waals surface area contributed by atoms with Crippen molar-refractivity contribution in [2.75, 3.05) is 19.0 Å². The van der Waals surface area contributed by atoms with E-state index in [2.05, 4.69) is 15.2 Å². The Kier molecular flexibility index (Phi) is 4.92. The van der Waals surface area contributed by atoms with Crippen LogP contribution in [0.4, 0.5) is 5.69 Å². The van der Waals surface area contributed by atoms with E-state index < -0.39 is 18.2 Å². The van der Waals surface area contributed by atoms with Gasteiger partial charge in [-0.25, -0.2) is 4.79 Å². The number of hydrogen-bond donors (Lipinski definition) is 1. The quantitative estimate of drug-likeness (QED) is 0.803. The molecule has 126 valence electrons. The van der Waals surface area contributed by atoms with Crippen molar-refractivity contribution in [3.63, 3.8) is 0 Å². The first kappa shape index (κ1) is 15.9. The Balaban J connectivity index is 1.50. The first-order valence-corrected chi connectivity index (χ1v) is 7.84. The fourth-order valence-electron chi connectivity index (χ4n) is 2.88. The molecule has 3 heterocycles. The number of methoxy groups -OCH3 is 1. The molecule has 0 unspecified atom stereocenters. The van der Waals surface area contributed by atoms with Crippen LogP contribution in [0.1, 0.15) is 25.7 Å². The Labute approximate surface area is 134 Å². The molecule has 3 rings (SSSR count). The Bertz CT molecular complexity index is 567. The lowest BCUT2D eigenvalue weighted by atomic mass is 10.2. The minimum atomic E-state index is -0.655. The molecule has 2 aliphatic heterocycles. The topological polar surface area (TPSA) is 91.7 Å². The third-order valence-corrected chi connectivity index (χ3v) is 4.09. The number of nitrogens with zero attached hydrogens (tertiary/aromatic N) is 2. The molecule has 0 saturated carbocycles. The third kappa shape index (κ3) is 3.89. The maximum Gasteiger partial charge on any atom is 0.335 e. The van der Waals surface area contributed by atoms with Gasteiger partial charge in [0.1, 0.15) is 6.10 Å². The number of aromatic nitrogens is 2. The molecule has 3 atom stereocenters. The number of esters is 1. The lowest BCUT2D eigenvalue weighted by molar-refractivity contribution is -0.154. The van der Waals surface area contributed by atoms with Gasteiger partial charge in [-0.1, -0.05) is 0 Å². The second kappa shape index (κ2) is 7.10. The van der Waals surface area contributed by atoms with E-state index in [1.807, 2.05) is 0 Å². The van der Waals surface area contributed by atoms with Gasteiger partial charge in [-0.05, 0) is 25.7 Å². The second-order valence-electron chi connectivity index (χ2n) is 5.79. The zero-order chi connectivity index (χ0) is 16.2. The lowest BCUT2D eigenvalue weighted by Crippen LogP contribution is -2.30. The number of amides is 1. The standard InChI is InChI=1S/C15H21N3O5/c1-21-15(20)13-5-4-12(23-13)14(19)17-10-7-16-18(8-10)9-11-3-2-6-22-11/h7-8,11-13H,2-6,9H2,1H3,(H,17,19)/t11-,12+,13+/m1/s1. The van der Waals surface area contributed by atoms with Gasteiger partial charge in [0, 0.05) is 12.8 Å². The molecule has 8 heteroatoms. The molecule has 2 fully saturated rings. The van der Waals surface area contributed by atoms with Crippen LogP contribution in [0.3, 0.4) is 0 Å². The van der Waals surface area contributed by atoms with Crippen molar-refractivity contribution < 1.29 is 23.8 Å². The Morgan fingerprint density at radius 2 is 2.22 bits per heavy atom. The van der Waals surface area contributed by atoms with Crippen molar-refractivity contribution in [1.82, 2.24) is 9.78 Å². The highest BCUT2D eigenvalue weighted by molar-refractivity contribution is 5.94. The summed E-state index contributed by atoms with van der Waals surface area (Å²) in [5, 5.41) is 6.99. The van der Waals surface area contributed by atoms with Gasteiger partial charge < -0.3 is 19.5 Å². The molecule has 8 nitrogen and oxygen atoms in total. The van der Waals surface area contributed by atoms with E-state index in [1.165, 1.54) is 7.11 Å². The van der Waals surface area contributed by atoms with Gasteiger partial charge in [-0.2, -0.15) is 5.10 Å². The molecular weight excluding hydrogens is 302 g/mol. The van der Waals surface area contributed by atoms with Gasteiger partial charge in [0.2, 0.25) is 0 Å². The van der Waals surface area contributed by atoms with Gasteiger partial charge in [-0.3, -0.25) is 9.48 Å². The van der Waals surface area contributed by atoms with Crippen LogP contribution in [-0.2, 0) is 30.3 Å². The summed E-state index contributed by atoms with van der Waals surface area (Å²) in [6.45, 7) is 1.48. The molecule has 1 aromatic heterocycles. The molecule has 1 N–H and O–H groups in total. The summed E-state index contributed by atoms with van der Waals surface area (Å²) >= 11 is 0. The highest BCUT2D eigenvalue weighted by Crippen LogP contribution is 2.22. The molecule has 0 aliphatic carbocycles. The number of ether oxygens (including phenoxy) is 3. The Morgan fingerprint density at radius 3 is 2.96 bits per heavy atom. The smallest absolute Gasteiger partial charge is 0.335 e. The third-order valence-electron chi connectivity index (χ3n) is 4.09. The summed E-state index contributed by atoms with van der Waals surface area (Å²) in [6.07, 6.45) is 5.36. The summed E-state index contributed by atoms with van der Waals surface area (Å²) in [5.74, 6) is -0.710. The number of hydrogen-bond acceptors (Lipinski definition) is 6. The van der Waals surface area contributed by atoms with Gasteiger partial charge in [0.15, 0.2) is 6.10 Å². The molecule has 0 bridgehead atoms. The highest BCUT2D eigenvalue weighted by atomic mass is 16.6. The normalized spacial score (nSPS) is 27.1. The maximum atomic E-state index is 12.2. The van der Waals surface area contributed by atoms with Crippen LogP contribution in [0.25, 0.3) is 0 Å². The summed E-state index contributed by atoms with van der Waals surface area (Å²) in [4.78, 5) is 23.6.